The zero-order valence-electron chi connectivity index (χ0n) is 14.0. The highest BCUT2D eigenvalue weighted by molar-refractivity contribution is 7.98. The summed E-state index contributed by atoms with van der Waals surface area (Å²) < 4.78 is 7.48. The van der Waals surface area contributed by atoms with Gasteiger partial charge < -0.3 is 4.42 Å². The average Bonchev–Trinajstić information content (AvgIpc) is 3.26. The molecule has 26 heavy (non-hydrogen) atoms. The molecular formula is C19H15ClN4OS. The number of nitrogens with zero attached hydrogens (tertiary/aromatic N) is 4. The van der Waals surface area contributed by atoms with Gasteiger partial charge in [0.1, 0.15) is 5.15 Å². The number of para-hydroxylation sites is 1. The minimum Gasteiger partial charge on any atom is -0.411 e. The van der Waals surface area contributed by atoms with Crippen LogP contribution < -0.4 is 0 Å². The molecule has 0 amide bonds. The van der Waals surface area contributed by atoms with Gasteiger partial charge in [0.25, 0.3) is 5.22 Å². The first-order valence-electron chi connectivity index (χ1n) is 8.03. The molecule has 7 heteroatoms. The van der Waals surface area contributed by atoms with E-state index in [1.54, 1.807) is 4.68 Å². The van der Waals surface area contributed by atoms with Gasteiger partial charge in [0, 0.05) is 16.9 Å². The molecule has 0 saturated heterocycles. The number of hydrogen-bond acceptors (Lipinski definition) is 5. The van der Waals surface area contributed by atoms with Crippen LogP contribution in [-0.4, -0.2) is 20.0 Å². The minimum absolute atomic E-state index is 0.506. The van der Waals surface area contributed by atoms with E-state index in [9.17, 15) is 0 Å². The van der Waals surface area contributed by atoms with Crippen molar-refractivity contribution in [2.45, 2.75) is 17.9 Å². The Morgan fingerprint density at radius 3 is 2.42 bits per heavy atom. The summed E-state index contributed by atoms with van der Waals surface area (Å²) in [6.07, 6.45) is 0. The minimum atomic E-state index is 0.506. The summed E-state index contributed by atoms with van der Waals surface area (Å²) in [5.41, 5.74) is 3.67. The maximum absolute atomic E-state index is 6.55. The van der Waals surface area contributed by atoms with Gasteiger partial charge in [-0.05, 0) is 31.2 Å². The van der Waals surface area contributed by atoms with Gasteiger partial charge in [0.2, 0.25) is 5.89 Å². The molecule has 5 nitrogen and oxygen atoms in total. The molecule has 4 rings (SSSR count). The lowest BCUT2D eigenvalue weighted by molar-refractivity contribution is 0.466. The lowest BCUT2D eigenvalue weighted by atomic mass is 10.2. The van der Waals surface area contributed by atoms with E-state index in [1.165, 1.54) is 11.8 Å². The zero-order chi connectivity index (χ0) is 17.9. The number of halogens is 1. The third-order valence-electron chi connectivity index (χ3n) is 3.89. The zero-order valence-corrected chi connectivity index (χ0v) is 15.5. The van der Waals surface area contributed by atoms with E-state index in [1.807, 2.05) is 67.6 Å². The van der Waals surface area contributed by atoms with Crippen molar-refractivity contribution in [3.8, 4) is 17.1 Å². The third-order valence-corrected chi connectivity index (χ3v) is 5.12. The Labute approximate surface area is 160 Å². The molecule has 4 aromatic rings. The van der Waals surface area contributed by atoms with Gasteiger partial charge >= 0.3 is 0 Å². The van der Waals surface area contributed by atoms with Crippen molar-refractivity contribution in [1.82, 2.24) is 20.0 Å². The smallest absolute Gasteiger partial charge is 0.277 e. The largest absolute Gasteiger partial charge is 0.411 e. The summed E-state index contributed by atoms with van der Waals surface area (Å²) in [4.78, 5) is 0. The summed E-state index contributed by atoms with van der Waals surface area (Å²) in [7, 11) is 0. The molecule has 0 fully saturated rings. The van der Waals surface area contributed by atoms with Crippen LogP contribution in [0.2, 0.25) is 5.15 Å². The molecule has 0 aliphatic heterocycles. The van der Waals surface area contributed by atoms with E-state index < -0.39 is 0 Å². The van der Waals surface area contributed by atoms with Crippen LogP contribution in [0.3, 0.4) is 0 Å². The molecule has 0 saturated carbocycles. The van der Waals surface area contributed by atoms with Crippen LogP contribution in [0.1, 0.15) is 11.3 Å². The fraction of sp³-hybridized carbons (Fsp3) is 0.105. The third kappa shape index (κ3) is 3.38. The van der Waals surface area contributed by atoms with Gasteiger partial charge in [0.15, 0.2) is 0 Å². The summed E-state index contributed by atoms with van der Waals surface area (Å²) in [5.74, 6) is 1.12. The summed E-state index contributed by atoms with van der Waals surface area (Å²) in [5, 5.41) is 13.9. The molecule has 0 unspecified atom stereocenters. The number of thioether (sulfide) groups is 1. The second-order valence-electron chi connectivity index (χ2n) is 5.63. The van der Waals surface area contributed by atoms with Gasteiger partial charge in [-0.3, -0.25) is 0 Å². The van der Waals surface area contributed by atoms with Crippen molar-refractivity contribution >= 4 is 23.4 Å². The van der Waals surface area contributed by atoms with Crippen molar-refractivity contribution in [2.24, 2.45) is 0 Å². The molecular weight excluding hydrogens is 368 g/mol. The van der Waals surface area contributed by atoms with Gasteiger partial charge in [-0.25, -0.2) is 4.68 Å². The van der Waals surface area contributed by atoms with E-state index in [0.29, 0.717) is 22.0 Å². The van der Waals surface area contributed by atoms with Gasteiger partial charge in [-0.2, -0.15) is 5.10 Å². The molecule has 0 bridgehead atoms. The van der Waals surface area contributed by atoms with Crippen LogP contribution in [0.5, 0.6) is 0 Å². The topological polar surface area (TPSA) is 56.7 Å². The summed E-state index contributed by atoms with van der Waals surface area (Å²) >= 11 is 8.00. The SMILES string of the molecule is Cc1nn(-c2ccccc2)c(Cl)c1CSc1nnc(-c2ccccc2)o1. The Balaban J connectivity index is 1.52. The van der Waals surface area contributed by atoms with E-state index >= 15 is 0 Å². The van der Waals surface area contributed by atoms with E-state index in [-0.39, 0.29) is 0 Å². The first kappa shape index (κ1) is 16.9. The number of aromatic nitrogens is 4. The average molecular weight is 383 g/mol. The van der Waals surface area contributed by atoms with Crippen molar-refractivity contribution in [1.29, 1.82) is 0 Å². The van der Waals surface area contributed by atoms with Crippen LogP contribution in [0.25, 0.3) is 17.1 Å². The number of rotatable bonds is 5. The highest BCUT2D eigenvalue weighted by Crippen LogP contribution is 2.31. The van der Waals surface area contributed by atoms with Crippen LogP contribution in [0.15, 0.2) is 70.3 Å². The second kappa shape index (κ2) is 7.35. The van der Waals surface area contributed by atoms with Crippen molar-refractivity contribution in [3.63, 3.8) is 0 Å². The Hall–Kier alpha value is -2.57. The summed E-state index contributed by atoms with van der Waals surface area (Å²) in [6.45, 7) is 1.95. The molecule has 0 radical (unpaired) electrons. The fourth-order valence-electron chi connectivity index (χ4n) is 2.54. The normalized spacial score (nSPS) is 11.0. The van der Waals surface area contributed by atoms with Crippen molar-refractivity contribution < 1.29 is 4.42 Å². The van der Waals surface area contributed by atoms with Crippen LogP contribution in [0.4, 0.5) is 0 Å². The first-order chi connectivity index (χ1) is 12.7. The van der Waals surface area contributed by atoms with Crippen LogP contribution in [-0.2, 0) is 5.75 Å². The molecule has 0 aliphatic carbocycles. The maximum Gasteiger partial charge on any atom is 0.277 e. The van der Waals surface area contributed by atoms with Crippen molar-refractivity contribution in [3.05, 3.63) is 77.1 Å². The molecule has 0 aliphatic rings. The van der Waals surface area contributed by atoms with Crippen LogP contribution in [0, 0.1) is 6.92 Å². The van der Waals surface area contributed by atoms with Gasteiger partial charge in [-0.15, -0.1) is 10.2 Å². The van der Waals surface area contributed by atoms with E-state index in [4.69, 9.17) is 16.0 Å². The van der Waals surface area contributed by atoms with E-state index in [2.05, 4.69) is 15.3 Å². The molecule has 2 aromatic carbocycles. The van der Waals surface area contributed by atoms with Crippen molar-refractivity contribution in [2.75, 3.05) is 0 Å². The fourth-order valence-corrected chi connectivity index (χ4v) is 3.80. The Bertz CT molecular complexity index is 1010. The number of benzene rings is 2. The number of aryl methyl sites for hydroxylation is 1. The molecule has 2 heterocycles. The monoisotopic (exact) mass is 382 g/mol. The Morgan fingerprint density at radius 2 is 1.69 bits per heavy atom. The van der Waals surface area contributed by atoms with E-state index in [0.717, 1.165) is 22.5 Å². The molecule has 0 N–H and O–H groups in total. The quantitative estimate of drug-likeness (QED) is 0.445. The second-order valence-corrected chi connectivity index (χ2v) is 6.91. The predicted molar refractivity (Wildman–Crippen MR) is 103 cm³/mol. The van der Waals surface area contributed by atoms with Gasteiger partial charge in [0.05, 0.1) is 11.4 Å². The lowest BCUT2D eigenvalue weighted by Gasteiger charge is -2.02. The highest BCUT2D eigenvalue weighted by Gasteiger charge is 2.16. The lowest BCUT2D eigenvalue weighted by Crippen LogP contribution is -1.95. The van der Waals surface area contributed by atoms with Gasteiger partial charge in [-0.1, -0.05) is 59.8 Å². The standard InChI is InChI=1S/C19H15ClN4OS/c1-13-16(17(20)24(23-13)15-10-6-3-7-11-15)12-26-19-22-21-18(25-19)14-8-4-2-5-9-14/h2-11H,12H2,1H3. The Morgan fingerprint density at radius 1 is 1.00 bits per heavy atom. The molecule has 0 spiro atoms. The molecule has 2 aromatic heterocycles. The molecule has 0 atom stereocenters. The predicted octanol–water partition coefficient (Wildman–Crippen LogP) is 5.18. The number of hydrogen-bond donors (Lipinski definition) is 0. The first-order valence-corrected chi connectivity index (χ1v) is 9.40. The summed E-state index contributed by atoms with van der Waals surface area (Å²) in [6, 6.07) is 19.5. The maximum atomic E-state index is 6.55. The highest BCUT2D eigenvalue weighted by atomic mass is 35.5. The molecule has 130 valence electrons. The Kier molecular flexibility index (Phi) is 4.77. The van der Waals surface area contributed by atoms with Crippen LogP contribution >= 0.6 is 23.4 Å².